The first-order valence-electron chi connectivity index (χ1n) is 5.72. The summed E-state index contributed by atoms with van der Waals surface area (Å²) < 4.78 is 5.48. The largest absolute Gasteiger partial charge is 0.494 e. The third kappa shape index (κ3) is 2.44. The van der Waals surface area contributed by atoms with E-state index >= 15 is 0 Å². The minimum Gasteiger partial charge on any atom is -0.494 e. The summed E-state index contributed by atoms with van der Waals surface area (Å²) in [5.41, 5.74) is 4.40. The third-order valence-electron chi connectivity index (χ3n) is 2.71. The molecule has 0 N–H and O–H groups in total. The van der Waals surface area contributed by atoms with Crippen LogP contribution in [0.4, 0.5) is 0 Å². The first kappa shape index (κ1) is 11.6. The van der Waals surface area contributed by atoms with Crippen molar-refractivity contribution in [3.63, 3.8) is 0 Å². The molecule has 0 saturated heterocycles. The number of hydrogen-bond acceptors (Lipinski definition) is 3. The van der Waals surface area contributed by atoms with Gasteiger partial charge in [0.15, 0.2) is 0 Å². The molecule has 0 saturated carbocycles. The molecule has 0 radical (unpaired) electrons. The number of aromatic nitrogens is 2. The highest BCUT2D eigenvalue weighted by Crippen LogP contribution is 2.27. The van der Waals surface area contributed by atoms with Crippen molar-refractivity contribution in [1.29, 1.82) is 0 Å². The van der Waals surface area contributed by atoms with Crippen molar-refractivity contribution in [2.45, 2.75) is 20.8 Å². The van der Waals surface area contributed by atoms with E-state index in [1.165, 1.54) is 5.56 Å². The molecule has 3 heteroatoms. The molecule has 0 aliphatic heterocycles. The van der Waals surface area contributed by atoms with E-state index in [2.05, 4.69) is 23.0 Å². The van der Waals surface area contributed by atoms with Crippen LogP contribution < -0.4 is 4.74 Å². The maximum atomic E-state index is 5.48. The van der Waals surface area contributed by atoms with Crippen molar-refractivity contribution in [2.75, 3.05) is 6.61 Å². The van der Waals surface area contributed by atoms with Gasteiger partial charge < -0.3 is 4.74 Å². The van der Waals surface area contributed by atoms with E-state index in [1.54, 1.807) is 6.33 Å². The molecule has 0 aliphatic carbocycles. The van der Waals surface area contributed by atoms with Gasteiger partial charge in [0.1, 0.15) is 12.1 Å². The van der Waals surface area contributed by atoms with Crippen LogP contribution in [0.2, 0.25) is 0 Å². The molecule has 0 atom stereocenters. The molecule has 17 heavy (non-hydrogen) atoms. The van der Waals surface area contributed by atoms with Gasteiger partial charge in [0, 0.05) is 17.5 Å². The Hall–Kier alpha value is -1.90. The van der Waals surface area contributed by atoms with Crippen molar-refractivity contribution in [3.8, 4) is 16.9 Å². The van der Waals surface area contributed by atoms with Crippen LogP contribution in [0.15, 0.2) is 30.7 Å². The Balaban J connectivity index is 2.44. The highest BCUT2D eigenvalue weighted by atomic mass is 16.5. The van der Waals surface area contributed by atoms with Crippen LogP contribution in [-0.4, -0.2) is 16.6 Å². The minimum atomic E-state index is 0.687. The fourth-order valence-electron chi connectivity index (χ4n) is 1.85. The molecule has 0 unspecified atom stereocenters. The molecule has 88 valence electrons. The zero-order valence-electron chi connectivity index (χ0n) is 10.4. The van der Waals surface area contributed by atoms with Gasteiger partial charge >= 0.3 is 0 Å². The van der Waals surface area contributed by atoms with E-state index in [1.807, 2.05) is 32.2 Å². The lowest BCUT2D eigenvalue weighted by atomic mass is 10.0. The second kappa shape index (κ2) is 4.95. The van der Waals surface area contributed by atoms with Crippen LogP contribution in [0.25, 0.3) is 11.1 Å². The molecular formula is C14H16N2O. The molecule has 2 rings (SSSR count). The predicted molar refractivity (Wildman–Crippen MR) is 68.1 cm³/mol. The fraction of sp³-hybridized carbons (Fsp3) is 0.286. The van der Waals surface area contributed by atoms with Gasteiger partial charge in [-0.25, -0.2) is 9.97 Å². The Labute approximate surface area is 102 Å². The number of benzene rings is 1. The van der Waals surface area contributed by atoms with Crippen molar-refractivity contribution in [3.05, 3.63) is 42.0 Å². The molecule has 3 nitrogen and oxygen atoms in total. The quantitative estimate of drug-likeness (QED) is 0.809. The van der Waals surface area contributed by atoms with Gasteiger partial charge in [0.05, 0.1) is 6.61 Å². The summed E-state index contributed by atoms with van der Waals surface area (Å²) in [6, 6.07) is 6.09. The maximum Gasteiger partial charge on any atom is 0.119 e. The van der Waals surface area contributed by atoms with E-state index in [9.17, 15) is 0 Å². The molecule has 0 amide bonds. The highest BCUT2D eigenvalue weighted by Gasteiger charge is 2.06. The molecule has 2 aromatic rings. The van der Waals surface area contributed by atoms with Gasteiger partial charge in [-0.15, -0.1) is 0 Å². The van der Waals surface area contributed by atoms with Crippen LogP contribution in [0.5, 0.6) is 5.75 Å². The Bertz CT molecular complexity index is 523. The molecule has 0 aliphatic rings. The molecule has 0 fully saturated rings. The smallest absolute Gasteiger partial charge is 0.119 e. The van der Waals surface area contributed by atoms with Crippen LogP contribution in [0.1, 0.15) is 18.2 Å². The van der Waals surface area contributed by atoms with Gasteiger partial charge in [-0.2, -0.15) is 0 Å². The number of nitrogens with zero attached hydrogens (tertiary/aromatic N) is 2. The lowest BCUT2D eigenvalue weighted by Crippen LogP contribution is -1.94. The van der Waals surface area contributed by atoms with Crippen LogP contribution in [0.3, 0.4) is 0 Å². The van der Waals surface area contributed by atoms with Crippen LogP contribution >= 0.6 is 0 Å². The van der Waals surface area contributed by atoms with E-state index in [0.717, 1.165) is 22.6 Å². The Morgan fingerprint density at radius 3 is 2.65 bits per heavy atom. The Kier molecular flexibility index (Phi) is 3.38. The number of rotatable bonds is 3. The molecule has 1 aromatic heterocycles. The Morgan fingerprint density at radius 1 is 1.18 bits per heavy atom. The molecule has 0 bridgehead atoms. The summed E-state index contributed by atoms with van der Waals surface area (Å²) in [4.78, 5) is 8.29. The predicted octanol–water partition coefficient (Wildman–Crippen LogP) is 3.16. The number of ether oxygens (including phenoxy) is 1. The first-order valence-corrected chi connectivity index (χ1v) is 5.72. The third-order valence-corrected chi connectivity index (χ3v) is 2.71. The summed E-state index contributed by atoms with van der Waals surface area (Å²) in [7, 11) is 0. The normalized spacial score (nSPS) is 10.3. The van der Waals surface area contributed by atoms with Crippen LogP contribution in [0, 0.1) is 13.8 Å². The van der Waals surface area contributed by atoms with Crippen molar-refractivity contribution >= 4 is 0 Å². The van der Waals surface area contributed by atoms with E-state index in [-0.39, 0.29) is 0 Å². The lowest BCUT2D eigenvalue weighted by Gasteiger charge is -2.10. The zero-order chi connectivity index (χ0) is 12.3. The van der Waals surface area contributed by atoms with Gasteiger partial charge in [0.2, 0.25) is 0 Å². The summed E-state index contributed by atoms with van der Waals surface area (Å²) in [5, 5.41) is 0. The van der Waals surface area contributed by atoms with Gasteiger partial charge in [0.25, 0.3) is 0 Å². The number of aryl methyl sites for hydroxylation is 2. The monoisotopic (exact) mass is 228 g/mol. The summed E-state index contributed by atoms with van der Waals surface area (Å²) >= 11 is 0. The molecule has 0 spiro atoms. The average Bonchev–Trinajstić information content (AvgIpc) is 2.31. The van der Waals surface area contributed by atoms with Crippen molar-refractivity contribution in [1.82, 2.24) is 9.97 Å². The lowest BCUT2D eigenvalue weighted by molar-refractivity contribution is 0.340. The fourth-order valence-corrected chi connectivity index (χ4v) is 1.85. The Morgan fingerprint density at radius 2 is 2.00 bits per heavy atom. The first-order chi connectivity index (χ1) is 8.22. The summed E-state index contributed by atoms with van der Waals surface area (Å²) in [6.07, 6.45) is 3.42. The standard InChI is InChI=1S/C14H16N2O/c1-4-17-12-5-6-13(10(2)7-12)14-8-15-9-16-11(14)3/h5-9H,4H2,1-3H3. The SMILES string of the molecule is CCOc1ccc(-c2cncnc2C)c(C)c1. The van der Waals surface area contributed by atoms with Crippen molar-refractivity contribution < 1.29 is 4.74 Å². The molecular weight excluding hydrogens is 212 g/mol. The second-order valence-electron chi connectivity index (χ2n) is 3.93. The molecule has 1 heterocycles. The summed E-state index contributed by atoms with van der Waals surface area (Å²) in [5.74, 6) is 0.906. The van der Waals surface area contributed by atoms with Gasteiger partial charge in [-0.3, -0.25) is 0 Å². The second-order valence-corrected chi connectivity index (χ2v) is 3.93. The summed E-state index contributed by atoms with van der Waals surface area (Å²) in [6.45, 7) is 6.74. The van der Waals surface area contributed by atoms with Crippen molar-refractivity contribution in [2.24, 2.45) is 0 Å². The van der Waals surface area contributed by atoms with E-state index < -0.39 is 0 Å². The minimum absolute atomic E-state index is 0.687. The molecule has 1 aromatic carbocycles. The van der Waals surface area contributed by atoms with Gasteiger partial charge in [-0.05, 0) is 44.0 Å². The van der Waals surface area contributed by atoms with Crippen LogP contribution in [-0.2, 0) is 0 Å². The van der Waals surface area contributed by atoms with E-state index in [0.29, 0.717) is 6.61 Å². The zero-order valence-corrected chi connectivity index (χ0v) is 10.4. The maximum absolute atomic E-state index is 5.48. The van der Waals surface area contributed by atoms with Gasteiger partial charge in [-0.1, -0.05) is 6.07 Å². The highest BCUT2D eigenvalue weighted by molar-refractivity contribution is 5.69. The average molecular weight is 228 g/mol. The topological polar surface area (TPSA) is 35.0 Å². The number of hydrogen-bond donors (Lipinski definition) is 0. The van der Waals surface area contributed by atoms with E-state index in [4.69, 9.17) is 4.74 Å².